The molecule has 0 N–H and O–H groups in total. The molecule has 15 heteroatoms. The topological polar surface area (TPSA) is 149 Å². The standard InChI is InChI=1S/C54H37N5.C39H24N4O.C39H24N4S/c1-54(2)45-24-14-12-22-39(45)43-32-44-42-31-30-41-40-23-13-15-25-47(40)58(37-20-10-5-11-21-37)49(41)50(42)59(48(44)33-46(43)54)38-28-26-36(27-29-38)53-56-51(34-16-6-3-7-17-34)55-52(57-53)35-18-8-4-9-19-35;2*1-3-11-25(12-4-1)37-40-38(26-13-5-2-6-14-26)42-39(41-37)27-19-21-28(22-20-27)43-33-17-9-7-15-29(33)31-23-24-32-30-16-8-10-18-34(30)44-36(32)35(31)43/h3-33H,1-2H3;2*1-24H. The molecule has 0 radical (unpaired) electrons. The van der Waals surface area contributed by atoms with Crippen LogP contribution in [0.4, 0.5) is 0 Å². The molecule has 0 bridgehead atoms. The van der Waals surface area contributed by atoms with Crippen LogP contribution in [0.2, 0.25) is 0 Å². The van der Waals surface area contributed by atoms with Crippen molar-refractivity contribution in [1.82, 2.24) is 63.1 Å². The number of thiophene rings is 1. The molecule has 9 heterocycles. The molecule has 0 saturated heterocycles. The van der Waals surface area contributed by atoms with Crippen LogP contribution in [-0.4, -0.2) is 63.1 Å². The van der Waals surface area contributed by atoms with Gasteiger partial charge in [0.1, 0.15) is 5.58 Å². The van der Waals surface area contributed by atoms with Crippen LogP contribution in [0.25, 0.3) is 266 Å². The van der Waals surface area contributed by atoms with Gasteiger partial charge in [-0.1, -0.05) is 360 Å². The minimum atomic E-state index is -0.148. The van der Waals surface area contributed by atoms with Gasteiger partial charge < -0.3 is 22.7 Å². The molecule has 9 aromatic heterocycles. The third-order valence-electron chi connectivity index (χ3n) is 28.9. The lowest BCUT2D eigenvalue weighted by molar-refractivity contribution is 0.661. The summed E-state index contributed by atoms with van der Waals surface area (Å²) in [6, 6.07) is 168. The average molecular weight is 1900 g/mol. The van der Waals surface area contributed by atoms with Gasteiger partial charge in [0.2, 0.25) is 0 Å². The zero-order chi connectivity index (χ0) is 97.3. The summed E-state index contributed by atoms with van der Waals surface area (Å²) in [6.07, 6.45) is 0. The van der Waals surface area contributed by atoms with E-state index in [1.807, 2.05) is 205 Å². The number of hydrogen-bond donors (Lipinski definition) is 0. The van der Waals surface area contributed by atoms with Crippen LogP contribution in [0.5, 0.6) is 0 Å². The van der Waals surface area contributed by atoms with E-state index in [1.165, 1.54) is 113 Å². The Morgan fingerprint density at radius 3 is 0.912 bits per heavy atom. The highest BCUT2D eigenvalue weighted by atomic mass is 32.1. The molecule has 1 aliphatic carbocycles. The molecular weight excluding hydrogens is 1820 g/mol. The molecule has 0 amide bonds. The predicted molar refractivity (Wildman–Crippen MR) is 603 cm³/mol. The van der Waals surface area contributed by atoms with E-state index in [2.05, 4.69) is 317 Å². The highest BCUT2D eigenvalue weighted by molar-refractivity contribution is 7.26. The Morgan fingerprint density at radius 1 is 0.197 bits per heavy atom. The number of para-hydroxylation sites is 5. The van der Waals surface area contributed by atoms with Gasteiger partial charge in [0.15, 0.2) is 58.0 Å². The molecule has 0 aliphatic heterocycles. The highest BCUT2D eigenvalue weighted by Gasteiger charge is 2.37. The first-order valence-corrected chi connectivity index (χ1v) is 50.3. The quantitative estimate of drug-likeness (QED) is 0.109. The molecule has 29 aromatic rings. The van der Waals surface area contributed by atoms with Crippen LogP contribution in [0, 0.1) is 0 Å². The number of rotatable bonds is 13. The summed E-state index contributed by atoms with van der Waals surface area (Å²) in [5.74, 6) is 5.83. The smallest absolute Gasteiger partial charge is 0.164 e. The fourth-order valence-corrected chi connectivity index (χ4v) is 23.2. The van der Waals surface area contributed by atoms with Crippen LogP contribution >= 0.6 is 11.3 Å². The maximum absolute atomic E-state index is 6.51. The summed E-state index contributed by atoms with van der Waals surface area (Å²) < 4.78 is 18.8. The van der Waals surface area contributed by atoms with Gasteiger partial charge in [-0.05, 0) is 156 Å². The Hall–Kier alpha value is -19.4. The van der Waals surface area contributed by atoms with Crippen LogP contribution in [0.1, 0.15) is 25.0 Å². The van der Waals surface area contributed by atoms with Crippen molar-refractivity contribution in [2.75, 3.05) is 0 Å². The molecule has 1 aliphatic rings. The van der Waals surface area contributed by atoms with Gasteiger partial charge in [-0.3, -0.25) is 0 Å². The molecule has 0 unspecified atom stereocenters. The number of aromatic nitrogens is 13. The third kappa shape index (κ3) is 14.6. The summed E-state index contributed by atoms with van der Waals surface area (Å²) >= 11 is 1.87. The first kappa shape index (κ1) is 85.6. The Labute approximate surface area is 848 Å². The Balaban J connectivity index is 0.000000108. The molecule has 30 rings (SSSR count). The van der Waals surface area contributed by atoms with Crippen molar-refractivity contribution in [3.63, 3.8) is 0 Å². The Morgan fingerprint density at radius 2 is 0.490 bits per heavy atom. The zero-order valence-electron chi connectivity index (χ0n) is 79.7. The first-order valence-electron chi connectivity index (χ1n) is 49.5. The molecule has 0 spiro atoms. The molecule has 690 valence electrons. The monoisotopic (exact) mass is 1900 g/mol. The lowest BCUT2D eigenvalue weighted by Gasteiger charge is -2.21. The van der Waals surface area contributed by atoms with Gasteiger partial charge >= 0.3 is 0 Å². The molecule has 0 saturated carbocycles. The van der Waals surface area contributed by atoms with E-state index in [1.54, 1.807) is 0 Å². The second-order valence-electron chi connectivity index (χ2n) is 37.8. The van der Waals surface area contributed by atoms with Gasteiger partial charge in [0, 0.05) is 148 Å². The van der Waals surface area contributed by atoms with Crippen molar-refractivity contribution in [3.05, 3.63) is 490 Å². The Bertz CT molecular complexity index is 9710. The number of furan rings is 1. The lowest BCUT2D eigenvalue weighted by atomic mass is 9.82. The van der Waals surface area contributed by atoms with Crippen molar-refractivity contribution in [2.45, 2.75) is 19.3 Å². The van der Waals surface area contributed by atoms with Gasteiger partial charge in [0.05, 0.1) is 48.8 Å². The van der Waals surface area contributed by atoms with Crippen LogP contribution in [0.15, 0.2) is 484 Å². The first-order chi connectivity index (χ1) is 72.7. The largest absolute Gasteiger partial charge is 0.454 e. The van der Waals surface area contributed by atoms with Gasteiger partial charge in [-0.2, -0.15) is 0 Å². The van der Waals surface area contributed by atoms with E-state index in [-0.39, 0.29) is 5.41 Å². The van der Waals surface area contributed by atoms with Crippen molar-refractivity contribution >= 4 is 141 Å². The van der Waals surface area contributed by atoms with Gasteiger partial charge in [-0.15, -0.1) is 11.3 Å². The van der Waals surface area contributed by atoms with Crippen molar-refractivity contribution < 1.29 is 4.42 Å². The molecule has 147 heavy (non-hydrogen) atoms. The van der Waals surface area contributed by atoms with Crippen molar-refractivity contribution in [2.24, 2.45) is 0 Å². The van der Waals surface area contributed by atoms with Crippen molar-refractivity contribution in [3.8, 4) is 136 Å². The van der Waals surface area contributed by atoms with Gasteiger partial charge in [0.25, 0.3) is 0 Å². The predicted octanol–water partition coefficient (Wildman–Crippen LogP) is 33.6. The van der Waals surface area contributed by atoms with Crippen LogP contribution < -0.4 is 0 Å². The fourth-order valence-electron chi connectivity index (χ4n) is 21.9. The van der Waals surface area contributed by atoms with Crippen LogP contribution in [-0.2, 0) is 5.41 Å². The van der Waals surface area contributed by atoms with E-state index in [0.717, 1.165) is 111 Å². The molecule has 20 aromatic carbocycles. The third-order valence-corrected chi connectivity index (χ3v) is 30.1. The minimum Gasteiger partial charge on any atom is -0.454 e. The Kier molecular flexibility index (Phi) is 20.4. The number of fused-ring (bicyclic) bond motifs is 24. The average Bonchev–Trinajstić information content (AvgIpc) is 1.52. The van der Waals surface area contributed by atoms with E-state index in [4.69, 9.17) is 49.3 Å². The number of nitrogens with zero attached hydrogens (tertiary/aromatic N) is 13. The fraction of sp³-hybridized carbons (Fsp3) is 0.0227. The summed E-state index contributed by atoms with van der Waals surface area (Å²) in [7, 11) is 0. The summed E-state index contributed by atoms with van der Waals surface area (Å²) in [5, 5.41) is 14.6. The summed E-state index contributed by atoms with van der Waals surface area (Å²) in [5.41, 5.74) is 29.2. The summed E-state index contributed by atoms with van der Waals surface area (Å²) in [6.45, 7) is 4.72. The minimum absolute atomic E-state index is 0.148. The molecule has 0 atom stereocenters. The molecular formula is C132H85N13OS. The van der Waals surface area contributed by atoms with E-state index < -0.39 is 0 Å². The zero-order valence-corrected chi connectivity index (χ0v) is 80.6. The highest BCUT2D eigenvalue weighted by Crippen LogP contribution is 2.54. The summed E-state index contributed by atoms with van der Waals surface area (Å²) in [4.78, 5) is 44.4. The van der Waals surface area contributed by atoms with Crippen molar-refractivity contribution in [1.29, 1.82) is 0 Å². The number of hydrogen-bond acceptors (Lipinski definition) is 11. The molecule has 0 fully saturated rings. The van der Waals surface area contributed by atoms with Crippen LogP contribution in [0.3, 0.4) is 0 Å². The van der Waals surface area contributed by atoms with Gasteiger partial charge in [-0.25, -0.2) is 44.9 Å². The second-order valence-corrected chi connectivity index (χ2v) is 38.9. The normalized spacial score (nSPS) is 12.2. The van der Waals surface area contributed by atoms with E-state index in [9.17, 15) is 0 Å². The van der Waals surface area contributed by atoms with E-state index >= 15 is 0 Å². The maximum Gasteiger partial charge on any atom is 0.164 e. The second kappa shape index (κ2) is 35.1. The molecule has 14 nitrogen and oxygen atoms in total. The number of benzene rings is 20. The SMILES string of the molecule is CC1(C)c2ccccc2-c2cc3c4ccc5c6ccccc6n(-c6ccccc6)c5c4n(-c4ccc(-c5nc(-c6ccccc6)nc(-c6ccccc6)n5)cc4)c3cc21.c1ccc(-c2nc(-c3ccccc3)nc(-c3ccc(-n4c5ccccc5c5ccc6c7ccccc7oc6c54)cc3)n2)cc1.c1ccc(-c2nc(-c3ccccc3)nc(-c3ccc(-n4c5ccccc5c5ccc6c7ccccc7sc6c54)cc3)n2)cc1. The maximum atomic E-state index is 6.51. The van der Waals surface area contributed by atoms with E-state index in [0.29, 0.717) is 52.4 Å². The lowest BCUT2D eigenvalue weighted by Crippen LogP contribution is -2.15.